The molecular formula is C15H27NO. The Kier molecular flexibility index (Phi) is 3.94. The Morgan fingerprint density at radius 3 is 2.65 bits per heavy atom. The lowest BCUT2D eigenvalue weighted by Crippen LogP contribution is -2.63. The van der Waals surface area contributed by atoms with E-state index in [9.17, 15) is 0 Å². The topological polar surface area (TPSA) is 12.5 Å². The van der Waals surface area contributed by atoms with Crippen molar-refractivity contribution in [2.75, 3.05) is 19.8 Å². The Hall–Kier alpha value is -0.340. The van der Waals surface area contributed by atoms with Crippen LogP contribution < -0.4 is 0 Å². The van der Waals surface area contributed by atoms with Crippen molar-refractivity contribution in [3.05, 3.63) is 12.2 Å². The molecule has 0 aromatic rings. The molecule has 1 spiro atoms. The molecule has 1 fully saturated rings. The van der Waals surface area contributed by atoms with E-state index in [0.717, 1.165) is 38.0 Å². The third kappa shape index (κ3) is 2.30. The molecule has 17 heavy (non-hydrogen) atoms. The van der Waals surface area contributed by atoms with E-state index in [1.165, 1.54) is 6.42 Å². The Labute approximate surface area is 106 Å². The summed E-state index contributed by atoms with van der Waals surface area (Å²) in [5.74, 6) is 1.51. The predicted molar refractivity (Wildman–Crippen MR) is 72.1 cm³/mol. The molecule has 2 aliphatic heterocycles. The normalized spacial score (nSPS) is 35.1. The van der Waals surface area contributed by atoms with E-state index in [2.05, 4.69) is 44.7 Å². The van der Waals surface area contributed by atoms with E-state index in [-0.39, 0.29) is 5.54 Å². The molecule has 2 rings (SSSR count). The molecular weight excluding hydrogens is 210 g/mol. The van der Waals surface area contributed by atoms with Crippen LogP contribution in [0.3, 0.4) is 0 Å². The minimum atomic E-state index is 0.259. The summed E-state index contributed by atoms with van der Waals surface area (Å²) in [7, 11) is 0. The molecule has 98 valence electrons. The second-order valence-corrected chi connectivity index (χ2v) is 6.22. The third-order valence-electron chi connectivity index (χ3n) is 4.56. The summed E-state index contributed by atoms with van der Waals surface area (Å²) in [6.45, 7) is 12.3. The van der Waals surface area contributed by atoms with Crippen molar-refractivity contribution in [1.29, 1.82) is 0 Å². The minimum absolute atomic E-state index is 0.259. The van der Waals surface area contributed by atoms with E-state index < -0.39 is 0 Å². The van der Waals surface area contributed by atoms with Gasteiger partial charge in [-0.05, 0) is 38.5 Å². The molecule has 2 aliphatic rings. The average Bonchev–Trinajstić information content (AvgIpc) is 2.29. The van der Waals surface area contributed by atoms with Gasteiger partial charge in [-0.3, -0.25) is 4.90 Å². The van der Waals surface area contributed by atoms with Crippen LogP contribution in [0.15, 0.2) is 12.2 Å². The summed E-state index contributed by atoms with van der Waals surface area (Å²) >= 11 is 0. The van der Waals surface area contributed by atoms with Gasteiger partial charge in [0, 0.05) is 19.2 Å². The summed E-state index contributed by atoms with van der Waals surface area (Å²) < 4.78 is 5.85. The molecule has 2 heterocycles. The van der Waals surface area contributed by atoms with Crippen LogP contribution >= 0.6 is 0 Å². The van der Waals surface area contributed by atoms with Crippen LogP contribution in [-0.2, 0) is 4.74 Å². The van der Waals surface area contributed by atoms with E-state index in [0.29, 0.717) is 6.04 Å². The van der Waals surface area contributed by atoms with Gasteiger partial charge in [0.1, 0.15) is 0 Å². The van der Waals surface area contributed by atoms with Gasteiger partial charge in [-0.25, -0.2) is 0 Å². The zero-order valence-electron chi connectivity index (χ0n) is 11.8. The Morgan fingerprint density at radius 1 is 1.24 bits per heavy atom. The molecule has 1 saturated heterocycles. The number of rotatable bonds is 2. The molecule has 2 atom stereocenters. The Morgan fingerprint density at radius 2 is 2.00 bits per heavy atom. The maximum atomic E-state index is 5.85. The molecule has 2 nitrogen and oxygen atoms in total. The second kappa shape index (κ2) is 5.11. The summed E-state index contributed by atoms with van der Waals surface area (Å²) in [5.41, 5.74) is 0.259. The quantitative estimate of drug-likeness (QED) is 0.684. The van der Waals surface area contributed by atoms with Crippen LogP contribution in [0.25, 0.3) is 0 Å². The lowest BCUT2D eigenvalue weighted by Gasteiger charge is -2.55. The molecule has 0 saturated carbocycles. The van der Waals surface area contributed by atoms with Crippen molar-refractivity contribution in [2.45, 2.75) is 52.1 Å². The van der Waals surface area contributed by atoms with Gasteiger partial charge in [-0.1, -0.05) is 26.0 Å². The minimum Gasteiger partial charge on any atom is -0.379 e. The second-order valence-electron chi connectivity index (χ2n) is 6.22. The van der Waals surface area contributed by atoms with Crippen molar-refractivity contribution in [3.8, 4) is 0 Å². The van der Waals surface area contributed by atoms with Crippen molar-refractivity contribution < 1.29 is 4.74 Å². The zero-order valence-corrected chi connectivity index (χ0v) is 11.8. The number of hydrogen-bond acceptors (Lipinski definition) is 2. The van der Waals surface area contributed by atoms with E-state index >= 15 is 0 Å². The molecule has 2 heteroatoms. The van der Waals surface area contributed by atoms with Gasteiger partial charge in [-0.2, -0.15) is 0 Å². The number of ether oxygens (including phenoxy) is 1. The van der Waals surface area contributed by atoms with Crippen LogP contribution in [0.5, 0.6) is 0 Å². The van der Waals surface area contributed by atoms with Gasteiger partial charge in [-0.15, -0.1) is 0 Å². The SMILES string of the molecule is CC(C)[C@H]1CCOC[C@]12CC=CCN2C(C)C. The standard InChI is InChI=1S/C15H27NO/c1-12(2)14-7-10-17-11-15(14)8-5-6-9-16(15)13(3)4/h5-6,12-14H,7-11H2,1-4H3/t14-,15-/m1/s1. The van der Waals surface area contributed by atoms with Crippen LogP contribution in [0.2, 0.25) is 0 Å². The van der Waals surface area contributed by atoms with Crippen molar-refractivity contribution in [2.24, 2.45) is 11.8 Å². The number of hydrogen-bond donors (Lipinski definition) is 0. The monoisotopic (exact) mass is 237 g/mol. The first-order chi connectivity index (χ1) is 8.08. The van der Waals surface area contributed by atoms with Crippen molar-refractivity contribution >= 4 is 0 Å². The molecule has 0 radical (unpaired) electrons. The molecule has 0 aliphatic carbocycles. The molecule has 0 aromatic heterocycles. The van der Waals surface area contributed by atoms with Gasteiger partial charge < -0.3 is 4.74 Å². The fraction of sp³-hybridized carbons (Fsp3) is 0.867. The highest BCUT2D eigenvalue weighted by Gasteiger charge is 2.47. The average molecular weight is 237 g/mol. The molecule has 0 unspecified atom stereocenters. The Balaban J connectivity index is 2.30. The smallest absolute Gasteiger partial charge is 0.0656 e. The predicted octanol–water partition coefficient (Wildman–Crippen LogP) is 3.09. The van der Waals surface area contributed by atoms with E-state index in [1.54, 1.807) is 0 Å². The number of nitrogens with zero attached hydrogens (tertiary/aromatic N) is 1. The maximum Gasteiger partial charge on any atom is 0.0656 e. The van der Waals surface area contributed by atoms with Crippen LogP contribution in [0, 0.1) is 11.8 Å². The van der Waals surface area contributed by atoms with Gasteiger partial charge in [0.25, 0.3) is 0 Å². The van der Waals surface area contributed by atoms with Gasteiger partial charge in [0.2, 0.25) is 0 Å². The summed E-state index contributed by atoms with van der Waals surface area (Å²) in [5, 5.41) is 0. The largest absolute Gasteiger partial charge is 0.379 e. The maximum absolute atomic E-state index is 5.85. The fourth-order valence-corrected chi connectivity index (χ4v) is 3.79. The third-order valence-corrected chi connectivity index (χ3v) is 4.56. The molecule has 0 N–H and O–H groups in total. The van der Waals surface area contributed by atoms with Crippen molar-refractivity contribution in [1.82, 2.24) is 4.90 Å². The lowest BCUT2D eigenvalue weighted by molar-refractivity contribution is -0.110. The molecule has 0 amide bonds. The highest BCUT2D eigenvalue weighted by molar-refractivity contribution is 5.10. The van der Waals surface area contributed by atoms with Gasteiger partial charge >= 0.3 is 0 Å². The molecule has 0 aromatic carbocycles. The summed E-state index contributed by atoms with van der Waals surface area (Å²) in [6.07, 6.45) is 7.06. The first-order valence-electron chi connectivity index (χ1n) is 7.07. The first kappa shape index (κ1) is 13.1. The highest BCUT2D eigenvalue weighted by atomic mass is 16.5. The van der Waals surface area contributed by atoms with E-state index in [4.69, 9.17) is 4.74 Å². The van der Waals surface area contributed by atoms with E-state index in [1.807, 2.05) is 0 Å². The zero-order chi connectivity index (χ0) is 12.5. The summed E-state index contributed by atoms with van der Waals surface area (Å²) in [4.78, 5) is 2.66. The van der Waals surface area contributed by atoms with Gasteiger partial charge in [0.05, 0.1) is 12.1 Å². The van der Waals surface area contributed by atoms with Crippen LogP contribution in [-0.4, -0.2) is 36.2 Å². The Bertz CT molecular complexity index is 285. The van der Waals surface area contributed by atoms with Crippen LogP contribution in [0.1, 0.15) is 40.5 Å². The lowest BCUT2D eigenvalue weighted by atomic mass is 9.69. The summed E-state index contributed by atoms with van der Waals surface area (Å²) in [6, 6.07) is 0.600. The van der Waals surface area contributed by atoms with Gasteiger partial charge in [0.15, 0.2) is 0 Å². The first-order valence-corrected chi connectivity index (χ1v) is 7.07. The van der Waals surface area contributed by atoms with Crippen molar-refractivity contribution in [3.63, 3.8) is 0 Å². The van der Waals surface area contributed by atoms with Crippen LogP contribution in [0.4, 0.5) is 0 Å². The highest BCUT2D eigenvalue weighted by Crippen LogP contribution is 2.42. The molecule has 0 bridgehead atoms. The fourth-order valence-electron chi connectivity index (χ4n) is 3.79.